The zero-order valence-corrected chi connectivity index (χ0v) is 14.4. The van der Waals surface area contributed by atoms with Crippen LogP contribution in [-0.4, -0.2) is 54.1 Å². The van der Waals surface area contributed by atoms with Gasteiger partial charge in [-0.05, 0) is 51.1 Å². The van der Waals surface area contributed by atoms with Crippen molar-refractivity contribution in [2.45, 2.75) is 71.6 Å². The lowest BCUT2D eigenvalue weighted by Gasteiger charge is -2.30. The van der Waals surface area contributed by atoms with Crippen LogP contribution >= 0.6 is 0 Å². The molecule has 2 aliphatic rings. The molecule has 4 nitrogen and oxygen atoms in total. The van der Waals surface area contributed by atoms with E-state index in [0.29, 0.717) is 23.8 Å². The van der Waals surface area contributed by atoms with Gasteiger partial charge in [0.2, 0.25) is 5.91 Å². The molecule has 0 aromatic heterocycles. The molecule has 2 saturated heterocycles. The van der Waals surface area contributed by atoms with Crippen LogP contribution in [-0.2, 0) is 4.79 Å². The summed E-state index contributed by atoms with van der Waals surface area (Å²) in [6.07, 6.45) is 4.72. The molecule has 2 rings (SSSR count). The number of carbonyl (C=O) groups excluding carboxylic acids is 1. The molecule has 2 fully saturated rings. The number of rotatable bonds is 6. The van der Waals surface area contributed by atoms with E-state index in [9.17, 15) is 4.79 Å². The van der Waals surface area contributed by atoms with Gasteiger partial charge in [-0.15, -0.1) is 0 Å². The average Bonchev–Trinajstić information content (AvgIpc) is 2.88. The Labute approximate surface area is 130 Å². The number of carbonyl (C=O) groups is 1. The first kappa shape index (κ1) is 16.8. The van der Waals surface area contributed by atoms with Gasteiger partial charge in [0.05, 0.1) is 12.2 Å². The van der Waals surface area contributed by atoms with Crippen molar-refractivity contribution in [3.8, 4) is 0 Å². The number of amides is 1. The number of nitrogens with one attached hydrogen (secondary N) is 1. The van der Waals surface area contributed by atoms with Crippen LogP contribution in [0, 0.1) is 11.8 Å². The summed E-state index contributed by atoms with van der Waals surface area (Å²) < 4.78 is 0. The maximum Gasteiger partial charge on any atom is 0.241 e. The first-order valence-corrected chi connectivity index (χ1v) is 8.65. The van der Waals surface area contributed by atoms with Crippen LogP contribution in [0.3, 0.4) is 0 Å². The van der Waals surface area contributed by atoms with Crippen molar-refractivity contribution >= 4 is 5.91 Å². The number of hydrogen-bond donors (Lipinski definition) is 1. The summed E-state index contributed by atoms with van der Waals surface area (Å²) in [4.78, 5) is 17.3. The third-order valence-corrected chi connectivity index (χ3v) is 4.83. The van der Waals surface area contributed by atoms with Crippen molar-refractivity contribution in [3.63, 3.8) is 0 Å². The fraction of sp³-hybridized carbons (Fsp3) is 0.941. The van der Waals surface area contributed by atoms with E-state index in [4.69, 9.17) is 0 Å². The van der Waals surface area contributed by atoms with E-state index < -0.39 is 0 Å². The van der Waals surface area contributed by atoms with Crippen LogP contribution in [0.1, 0.15) is 53.4 Å². The van der Waals surface area contributed by atoms with Crippen LogP contribution in [0.25, 0.3) is 0 Å². The molecule has 0 radical (unpaired) electrons. The minimum Gasteiger partial charge on any atom is -0.324 e. The van der Waals surface area contributed by atoms with Gasteiger partial charge >= 0.3 is 0 Å². The second kappa shape index (κ2) is 7.10. The molecule has 3 unspecified atom stereocenters. The monoisotopic (exact) mass is 295 g/mol. The Morgan fingerprint density at radius 2 is 1.86 bits per heavy atom. The molecule has 3 atom stereocenters. The van der Waals surface area contributed by atoms with Crippen molar-refractivity contribution in [1.29, 1.82) is 0 Å². The fourth-order valence-electron chi connectivity index (χ4n) is 3.68. The second-order valence-electron chi connectivity index (χ2n) is 7.76. The SMILES string of the molecule is CC(C)CC1NC(CC(C)C)N(CC2CCCN2C)C1=O. The Morgan fingerprint density at radius 1 is 1.19 bits per heavy atom. The molecule has 0 saturated carbocycles. The fourth-order valence-corrected chi connectivity index (χ4v) is 3.68. The summed E-state index contributed by atoms with van der Waals surface area (Å²) in [6.45, 7) is 10.9. The quantitative estimate of drug-likeness (QED) is 0.817. The van der Waals surface area contributed by atoms with Crippen LogP contribution in [0.4, 0.5) is 0 Å². The topological polar surface area (TPSA) is 35.6 Å². The van der Waals surface area contributed by atoms with Crippen LogP contribution in [0.15, 0.2) is 0 Å². The average molecular weight is 295 g/mol. The number of nitrogens with zero attached hydrogens (tertiary/aromatic N) is 2. The molecule has 0 aromatic carbocycles. The third-order valence-electron chi connectivity index (χ3n) is 4.83. The molecule has 4 heteroatoms. The van der Waals surface area contributed by atoms with Gasteiger partial charge in [-0.2, -0.15) is 0 Å². The zero-order valence-electron chi connectivity index (χ0n) is 14.4. The summed E-state index contributed by atoms with van der Waals surface area (Å²) in [6, 6.07) is 0.573. The lowest BCUT2D eigenvalue weighted by molar-refractivity contribution is -0.131. The van der Waals surface area contributed by atoms with Crippen molar-refractivity contribution in [3.05, 3.63) is 0 Å². The maximum absolute atomic E-state index is 12.8. The Balaban J connectivity index is 2.04. The maximum atomic E-state index is 12.8. The van der Waals surface area contributed by atoms with Crippen molar-refractivity contribution < 1.29 is 4.79 Å². The van der Waals surface area contributed by atoms with Gasteiger partial charge < -0.3 is 9.80 Å². The van der Waals surface area contributed by atoms with Crippen LogP contribution < -0.4 is 5.32 Å². The van der Waals surface area contributed by atoms with Gasteiger partial charge in [0.15, 0.2) is 0 Å². The minimum absolute atomic E-state index is 0.0282. The number of hydrogen-bond acceptors (Lipinski definition) is 3. The lowest BCUT2D eigenvalue weighted by Crippen LogP contribution is -2.45. The van der Waals surface area contributed by atoms with Gasteiger partial charge in [-0.3, -0.25) is 10.1 Å². The molecule has 0 aliphatic carbocycles. The Hall–Kier alpha value is -0.610. The second-order valence-corrected chi connectivity index (χ2v) is 7.76. The molecule has 0 spiro atoms. The summed E-state index contributed by atoms with van der Waals surface area (Å²) >= 11 is 0. The molecule has 21 heavy (non-hydrogen) atoms. The van der Waals surface area contributed by atoms with E-state index in [0.717, 1.165) is 19.4 Å². The predicted octanol–water partition coefficient (Wildman–Crippen LogP) is 2.30. The summed E-state index contributed by atoms with van der Waals surface area (Å²) in [5.74, 6) is 1.49. The normalized spacial score (nSPS) is 31.1. The molecule has 0 bridgehead atoms. The highest BCUT2D eigenvalue weighted by Gasteiger charge is 2.40. The smallest absolute Gasteiger partial charge is 0.241 e. The molecular formula is C17H33N3O. The van der Waals surface area contributed by atoms with Gasteiger partial charge in [-0.1, -0.05) is 27.7 Å². The van der Waals surface area contributed by atoms with Crippen LogP contribution in [0.5, 0.6) is 0 Å². The Bertz CT molecular complexity index is 356. The van der Waals surface area contributed by atoms with E-state index in [-0.39, 0.29) is 12.2 Å². The molecule has 1 amide bonds. The zero-order chi connectivity index (χ0) is 15.6. The molecule has 2 aliphatic heterocycles. The third kappa shape index (κ3) is 4.19. The Morgan fingerprint density at radius 3 is 2.38 bits per heavy atom. The molecule has 2 heterocycles. The predicted molar refractivity (Wildman–Crippen MR) is 87.0 cm³/mol. The molecule has 0 aromatic rings. The minimum atomic E-state index is 0.0282. The highest BCUT2D eigenvalue weighted by molar-refractivity contribution is 5.84. The first-order chi connectivity index (χ1) is 9.88. The highest BCUT2D eigenvalue weighted by Crippen LogP contribution is 2.24. The molecule has 1 N–H and O–H groups in total. The summed E-state index contributed by atoms with van der Waals surface area (Å²) in [7, 11) is 2.19. The van der Waals surface area contributed by atoms with Crippen molar-refractivity contribution in [2.24, 2.45) is 11.8 Å². The highest BCUT2D eigenvalue weighted by atomic mass is 16.2. The van der Waals surface area contributed by atoms with E-state index in [1.54, 1.807) is 0 Å². The summed E-state index contributed by atoms with van der Waals surface area (Å²) in [5, 5.41) is 3.60. The Kier molecular flexibility index (Phi) is 5.67. The van der Waals surface area contributed by atoms with Crippen molar-refractivity contribution in [1.82, 2.24) is 15.1 Å². The lowest BCUT2D eigenvalue weighted by atomic mass is 10.0. The largest absolute Gasteiger partial charge is 0.324 e. The van der Waals surface area contributed by atoms with E-state index >= 15 is 0 Å². The van der Waals surface area contributed by atoms with Crippen molar-refractivity contribution in [2.75, 3.05) is 20.1 Å². The summed E-state index contributed by atoms with van der Waals surface area (Å²) in [5.41, 5.74) is 0. The number of likely N-dealkylation sites (N-methyl/N-ethyl adjacent to an activating group) is 1. The molecular weight excluding hydrogens is 262 g/mol. The van der Waals surface area contributed by atoms with Gasteiger partial charge in [0, 0.05) is 12.6 Å². The number of likely N-dealkylation sites (tertiary alicyclic amines) is 1. The van der Waals surface area contributed by atoms with E-state index in [1.165, 1.54) is 19.4 Å². The van der Waals surface area contributed by atoms with E-state index in [1.807, 2.05) is 0 Å². The first-order valence-electron chi connectivity index (χ1n) is 8.65. The molecule has 122 valence electrons. The van der Waals surface area contributed by atoms with Crippen LogP contribution in [0.2, 0.25) is 0 Å². The van der Waals surface area contributed by atoms with E-state index in [2.05, 4.69) is 49.9 Å². The van der Waals surface area contributed by atoms with Gasteiger partial charge in [0.1, 0.15) is 0 Å². The van der Waals surface area contributed by atoms with Gasteiger partial charge in [-0.25, -0.2) is 0 Å². The standard InChI is InChI=1S/C17H33N3O/c1-12(2)9-15-17(21)20(16(18-15)10-13(3)4)11-14-7-6-8-19(14)5/h12-16,18H,6-11H2,1-5H3. The van der Waals surface area contributed by atoms with Gasteiger partial charge in [0.25, 0.3) is 0 Å².